The molecule has 0 aliphatic carbocycles. The molecule has 4 heteroatoms. The first-order chi connectivity index (χ1) is 8.31. The lowest BCUT2D eigenvalue weighted by Crippen LogP contribution is -2.22. The fourth-order valence-corrected chi connectivity index (χ4v) is 2.16. The number of hydrogen-bond acceptors (Lipinski definition) is 3. The molecule has 0 amide bonds. The highest BCUT2D eigenvalue weighted by molar-refractivity contribution is 5.24. The van der Waals surface area contributed by atoms with E-state index in [4.69, 9.17) is 10.00 Å². The summed E-state index contributed by atoms with van der Waals surface area (Å²) in [5, 5.41) is 8.76. The van der Waals surface area contributed by atoms with E-state index in [1.54, 1.807) is 22.9 Å². The van der Waals surface area contributed by atoms with Crippen molar-refractivity contribution in [2.75, 3.05) is 6.61 Å². The summed E-state index contributed by atoms with van der Waals surface area (Å²) in [6.45, 7) is 1.53. The van der Waals surface area contributed by atoms with Gasteiger partial charge in [-0.25, -0.2) is 0 Å². The van der Waals surface area contributed by atoms with Gasteiger partial charge in [0.25, 0.3) is 5.56 Å². The van der Waals surface area contributed by atoms with E-state index in [1.165, 1.54) is 0 Å². The monoisotopic (exact) mass is 232 g/mol. The molecule has 0 bridgehead atoms. The van der Waals surface area contributed by atoms with Gasteiger partial charge in [0.1, 0.15) is 11.6 Å². The predicted octanol–water partition coefficient (Wildman–Crippen LogP) is 1.68. The highest BCUT2D eigenvalue weighted by Gasteiger charge is 2.14. The highest BCUT2D eigenvalue weighted by atomic mass is 16.5. The zero-order valence-electron chi connectivity index (χ0n) is 9.76. The Bertz CT molecular complexity index is 467. The molecule has 1 unspecified atom stereocenters. The highest BCUT2D eigenvalue weighted by Crippen LogP contribution is 2.16. The van der Waals surface area contributed by atoms with Gasteiger partial charge in [-0.15, -0.1) is 0 Å². The Kier molecular flexibility index (Phi) is 3.94. The van der Waals surface area contributed by atoms with Crippen LogP contribution in [0.3, 0.4) is 0 Å². The van der Waals surface area contributed by atoms with E-state index in [0.29, 0.717) is 12.6 Å². The van der Waals surface area contributed by atoms with Crippen LogP contribution in [-0.4, -0.2) is 17.3 Å². The second-order valence-electron chi connectivity index (χ2n) is 4.31. The van der Waals surface area contributed by atoms with Crippen molar-refractivity contribution in [2.24, 2.45) is 0 Å². The second kappa shape index (κ2) is 5.65. The van der Waals surface area contributed by atoms with Crippen LogP contribution in [0.4, 0.5) is 0 Å². The van der Waals surface area contributed by atoms with Crippen molar-refractivity contribution in [2.45, 2.75) is 38.3 Å². The Morgan fingerprint density at radius 1 is 1.59 bits per heavy atom. The third-order valence-electron chi connectivity index (χ3n) is 3.09. The summed E-state index contributed by atoms with van der Waals surface area (Å²) in [7, 11) is 0. The molecule has 0 aromatic carbocycles. The Balaban J connectivity index is 1.90. The number of aryl methyl sites for hydroxylation is 1. The third kappa shape index (κ3) is 2.95. The summed E-state index contributed by atoms with van der Waals surface area (Å²) < 4.78 is 7.13. The van der Waals surface area contributed by atoms with Crippen LogP contribution in [0.25, 0.3) is 0 Å². The maximum Gasteiger partial charge on any atom is 0.268 e. The number of aromatic nitrogens is 1. The van der Waals surface area contributed by atoms with Crippen LogP contribution in [-0.2, 0) is 11.3 Å². The van der Waals surface area contributed by atoms with E-state index < -0.39 is 0 Å². The van der Waals surface area contributed by atoms with Crippen molar-refractivity contribution in [3.63, 3.8) is 0 Å². The first kappa shape index (κ1) is 11.9. The molecular formula is C13H16N2O2. The van der Waals surface area contributed by atoms with Gasteiger partial charge in [0.15, 0.2) is 0 Å². The summed E-state index contributed by atoms with van der Waals surface area (Å²) in [5.74, 6) is 0. The lowest BCUT2D eigenvalue weighted by Gasteiger charge is -2.10. The molecule has 0 N–H and O–H groups in total. The van der Waals surface area contributed by atoms with Crippen LogP contribution in [0, 0.1) is 11.3 Å². The van der Waals surface area contributed by atoms with E-state index in [0.717, 1.165) is 32.3 Å². The maximum absolute atomic E-state index is 11.7. The minimum absolute atomic E-state index is 0.192. The molecule has 1 saturated heterocycles. The lowest BCUT2D eigenvalue weighted by atomic mass is 10.1. The lowest BCUT2D eigenvalue weighted by molar-refractivity contribution is 0.101. The quantitative estimate of drug-likeness (QED) is 0.793. The Hall–Kier alpha value is -1.60. The molecule has 1 aliphatic heterocycles. The number of rotatable bonds is 4. The van der Waals surface area contributed by atoms with E-state index in [1.807, 2.05) is 6.07 Å². The molecular weight excluding hydrogens is 216 g/mol. The second-order valence-corrected chi connectivity index (χ2v) is 4.31. The number of nitriles is 1. The molecule has 0 spiro atoms. The average Bonchev–Trinajstić information content (AvgIpc) is 2.84. The Morgan fingerprint density at radius 3 is 3.18 bits per heavy atom. The minimum Gasteiger partial charge on any atom is -0.378 e. The van der Waals surface area contributed by atoms with Gasteiger partial charge in [0.05, 0.1) is 6.10 Å². The standard InChI is InChI=1S/C13H16N2O2/c14-10-11-4-1-7-15(13(11)16)8-2-5-12-6-3-9-17-12/h1,4,7,12H,2-3,5-6,8-9H2. The fraction of sp³-hybridized carbons (Fsp3) is 0.538. The molecule has 1 aromatic rings. The molecule has 1 atom stereocenters. The van der Waals surface area contributed by atoms with Gasteiger partial charge in [-0.05, 0) is 37.8 Å². The number of ether oxygens (including phenoxy) is 1. The van der Waals surface area contributed by atoms with Gasteiger partial charge in [-0.2, -0.15) is 5.26 Å². The smallest absolute Gasteiger partial charge is 0.268 e. The van der Waals surface area contributed by atoms with E-state index in [-0.39, 0.29) is 11.1 Å². The van der Waals surface area contributed by atoms with Gasteiger partial charge in [-0.1, -0.05) is 0 Å². The van der Waals surface area contributed by atoms with Crippen molar-refractivity contribution in [1.82, 2.24) is 4.57 Å². The summed E-state index contributed by atoms with van der Waals surface area (Å²) in [6.07, 6.45) is 6.29. The summed E-state index contributed by atoms with van der Waals surface area (Å²) in [4.78, 5) is 11.7. The normalized spacial score (nSPS) is 19.1. The predicted molar refractivity (Wildman–Crippen MR) is 63.6 cm³/mol. The molecule has 2 rings (SSSR count). The van der Waals surface area contributed by atoms with Crippen molar-refractivity contribution >= 4 is 0 Å². The van der Waals surface area contributed by atoms with Crippen molar-refractivity contribution in [3.05, 3.63) is 34.2 Å². The van der Waals surface area contributed by atoms with Gasteiger partial charge < -0.3 is 9.30 Å². The van der Waals surface area contributed by atoms with Crippen LogP contribution in [0.15, 0.2) is 23.1 Å². The molecule has 1 fully saturated rings. The SMILES string of the molecule is N#Cc1cccn(CCCC2CCCO2)c1=O. The van der Waals surface area contributed by atoms with Crippen LogP contribution in [0.2, 0.25) is 0 Å². The largest absolute Gasteiger partial charge is 0.378 e. The fourth-order valence-electron chi connectivity index (χ4n) is 2.16. The van der Waals surface area contributed by atoms with Crippen LogP contribution < -0.4 is 5.56 Å². The average molecular weight is 232 g/mol. The van der Waals surface area contributed by atoms with Gasteiger partial charge in [0, 0.05) is 19.3 Å². The van der Waals surface area contributed by atoms with Crippen LogP contribution in [0.5, 0.6) is 0 Å². The first-order valence-electron chi connectivity index (χ1n) is 6.02. The number of hydrogen-bond donors (Lipinski definition) is 0. The zero-order valence-corrected chi connectivity index (χ0v) is 9.76. The zero-order chi connectivity index (χ0) is 12.1. The molecule has 90 valence electrons. The molecule has 17 heavy (non-hydrogen) atoms. The van der Waals surface area contributed by atoms with Crippen molar-refractivity contribution in [3.8, 4) is 6.07 Å². The van der Waals surface area contributed by atoms with Crippen molar-refractivity contribution < 1.29 is 4.74 Å². The van der Waals surface area contributed by atoms with Gasteiger partial charge in [0.2, 0.25) is 0 Å². The summed E-state index contributed by atoms with van der Waals surface area (Å²) >= 11 is 0. The molecule has 0 radical (unpaired) electrons. The topological polar surface area (TPSA) is 55.0 Å². The summed E-state index contributed by atoms with van der Waals surface area (Å²) in [6, 6.07) is 5.21. The van der Waals surface area contributed by atoms with E-state index in [9.17, 15) is 4.79 Å². The molecule has 4 nitrogen and oxygen atoms in total. The maximum atomic E-state index is 11.7. The molecule has 1 aliphatic rings. The number of nitrogens with zero attached hydrogens (tertiary/aromatic N) is 2. The Labute approximate surface area is 100 Å². The molecule has 2 heterocycles. The van der Waals surface area contributed by atoms with Gasteiger partial charge in [-0.3, -0.25) is 4.79 Å². The minimum atomic E-state index is -0.192. The van der Waals surface area contributed by atoms with Crippen LogP contribution >= 0.6 is 0 Å². The van der Waals surface area contributed by atoms with Crippen LogP contribution in [0.1, 0.15) is 31.2 Å². The van der Waals surface area contributed by atoms with Crippen molar-refractivity contribution in [1.29, 1.82) is 5.26 Å². The first-order valence-corrected chi connectivity index (χ1v) is 6.02. The number of pyridine rings is 1. The molecule has 0 saturated carbocycles. The van der Waals surface area contributed by atoms with Gasteiger partial charge >= 0.3 is 0 Å². The third-order valence-corrected chi connectivity index (χ3v) is 3.09. The molecule has 1 aromatic heterocycles. The van der Waals surface area contributed by atoms with E-state index in [2.05, 4.69) is 0 Å². The summed E-state index contributed by atoms with van der Waals surface area (Å²) in [5.41, 5.74) is 0.0203. The van der Waals surface area contributed by atoms with E-state index >= 15 is 0 Å². The Morgan fingerprint density at radius 2 is 2.47 bits per heavy atom.